The van der Waals surface area contributed by atoms with Crippen molar-refractivity contribution in [1.82, 2.24) is 0 Å². The molecule has 0 amide bonds. The van der Waals surface area contributed by atoms with Gasteiger partial charge in [0.2, 0.25) is 0 Å². The van der Waals surface area contributed by atoms with Gasteiger partial charge in [-0.05, 0) is 12.5 Å². The highest BCUT2D eigenvalue weighted by Crippen LogP contribution is 2.18. The summed E-state index contributed by atoms with van der Waals surface area (Å²) in [6.07, 6.45) is 1.21. The van der Waals surface area contributed by atoms with Crippen molar-refractivity contribution >= 4 is 8.07 Å². The molecule has 0 aliphatic rings. The van der Waals surface area contributed by atoms with Gasteiger partial charge < -0.3 is 4.74 Å². The van der Waals surface area contributed by atoms with E-state index in [0.717, 1.165) is 6.61 Å². The number of hydrogen-bond donors (Lipinski definition) is 0. The Labute approximate surface area is 94.5 Å². The molecular weight excluding hydrogens is 200 g/mol. The second-order valence-corrected chi connectivity index (χ2v) is 10.1. The maximum absolute atomic E-state index is 5.11. The van der Waals surface area contributed by atoms with E-state index in [4.69, 9.17) is 4.74 Å². The lowest BCUT2D eigenvalue weighted by molar-refractivity contribution is 0.199. The van der Waals surface area contributed by atoms with E-state index in [1.165, 1.54) is 24.1 Å². The lowest BCUT2D eigenvalue weighted by Gasteiger charge is -2.22. The Morgan fingerprint density at radius 1 is 1.13 bits per heavy atom. The third-order valence-electron chi connectivity index (χ3n) is 2.73. The lowest BCUT2D eigenvalue weighted by Crippen LogP contribution is -2.29. The number of hydrogen-bond acceptors (Lipinski definition) is 1. The average Bonchev–Trinajstić information content (AvgIpc) is 2.18. The molecule has 0 aliphatic carbocycles. The first-order valence-corrected chi connectivity index (χ1v) is 9.08. The molecule has 0 atom stereocenters. The number of methoxy groups -OCH3 is 1. The van der Waals surface area contributed by atoms with Crippen molar-refractivity contribution in [2.45, 2.75) is 31.6 Å². The Balaban J connectivity index is 2.42. The zero-order valence-corrected chi connectivity index (χ0v) is 11.1. The molecule has 0 saturated heterocycles. The maximum atomic E-state index is 5.11. The van der Waals surface area contributed by atoms with Gasteiger partial charge in [-0.25, -0.2) is 0 Å². The Bertz CT molecular complexity index is 269. The van der Waals surface area contributed by atoms with Gasteiger partial charge in [-0.1, -0.05) is 55.0 Å². The SMILES string of the molecule is COCCC[Si](C)(C)Cc1ccccc1. The van der Waals surface area contributed by atoms with Crippen molar-refractivity contribution in [3.8, 4) is 0 Å². The van der Waals surface area contributed by atoms with Gasteiger partial charge in [0.1, 0.15) is 0 Å². The summed E-state index contributed by atoms with van der Waals surface area (Å²) >= 11 is 0. The van der Waals surface area contributed by atoms with Gasteiger partial charge in [-0.15, -0.1) is 0 Å². The third-order valence-corrected chi connectivity index (χ3v) is 5.80. The summed E-state index contributed by atoms with van der Waals surface area (Å²) in [6, 6.07) is 13.5. The third kappa shape index (κ3) is 5.14. The summed E-state index contributed by atoms with van der Waals surface area (Å²) in [6.45, 7) is 5.84. The van der Waals surface area contributed by atoms with Crippen LogP contribution in [0.5, 0.6) is 0 Å². The summed E-state index contributed by atoms with van der Waals surface area (Å²) in [5.74, 6) is 0. The van der Waals surface area contributed by atoms with E-state index in [1.54, 1.807) is 7.11 Å². The van der Waals surface area contributed by atoms with Crippen LogP contribution in [-0.4, -0.2) is 21.8 Å². The molecule has 1 aromatic rings. The first-order valence-electron chi connectivity index (χ1n) is 5.67. The van der Waals surface area contributed by atoms with Crippen LogP contribution in [0.25, 0.3) is 0 Å². The summed E-state index contributed by atoms with van der Waals surface area (Å²) in [7, 11) is 0.722. The molecule has 1 rings (SSSR count). The molecule has 0 N–H and O–H groups in total. The fraction of sp³-hybridized carbons (Fsp3) is 0.538. The molecule has 0 fully saturated rings. The number of ether oxygens (including phenoxy) is 1. The van der Waals surface area contributed by atoms with E-state index < -0.39 is 8.07 Å². The van der Waals surface area contributed by atoms with Crippen LogP contribution in [0.15, 0.2) is 30.3 Å². The van der Waals surface area contributed by atoms with Crippen molar-refractivity contribution in [1.29, 1.82) is 0 Å². The second-order valence-electron chi connectivity index (χ2n) is 4.92. The van der Waals surface area contributed by atoms with Gasteiger partial charge in [0, 0.05) is 13.7 Å². The molecule has 2 heteroatoms. The van der Waals surface area contributed by atoms with E-state index in [-0.39, 0.29) is 0 Å². The van der Waals surface area contributed by atoms with E-state index in [2.05, 4.69) is 43.4 Å². The Morgan fingerprint density at radius 2 is 1.80 bits per heavy atom. The Hall–Kier alpha value is -0.603. The normalized spacial score (nSPS) is 11.7. The largest absolute Gasteiger partial charge is 0.385 e. The van der Waals surface area contributed by atoms with Crippen molar-refractivity contribution in [3.05, 3.63) is 35.9 Å². The monoisotopic (exact) mass is 222 g/mol. The molecule has 0 saturated carbocycles. The topological polar surface area (TPSA) is 9.23 Å². The Morgan fingerprint density at radius 3 is 2.40 bits per heavy atom. The molecule has 0 unspecified atom stereocenters. The molecule has 0 bridgehead atoms. The van der Waals surface area contributed by atoms with Crippen LogP contribution >= 0.6 is 0 Å². The van der Waals surface area contributed by atoms with Gasteiger partial charge in [-0.2, -0.15) is 0 Å². The predicted octanol–water partition coefficient (Wildman–Crippen LogP) is 3.51. The van der Waals surface area contributed by atoms with Crippen molar-refractivity contribution in [2.75, 3.05) is 13.7 Å². The van der Waals surface area contributed by atoms with Crippen LogP contribution in [0.4, 0.5) is 0 Å². The molecule has 0 spiro atoms. The van der Waals surface area contributed by atoms with Gasteiger partial charge in [0.15, 0.2) is 0 Å². The van der Waals surface area contributed by atoms with Gasteiger partial charge >= 0.3 is 0 Å². The fourth-order valence-electron chi connectivity index (χ4n) is 1.93. The lowest BCUT2D eigenvalue weighted by atomic mass is 10.2. The van der Waals surface area contributed by atoms with Gasteiger partial charge in [0.05, 0.1) is 8.07 Å². The molecule has 84 valence electrons. The summed E-state index contributed by atoms with van der Waals surface area (Å²) < 4.78 is 5.11. The number of rotatable bonds is 6. The van der Waals surface area contributed by atoms with Crippen molar-refractivity contribution in [2.24, 2.45) is 0 Å². The highest BCUT2D eigenvalue weighted by atomic mass is 28.3. The minimum absolute atomic E-state index is 0.908. The quantitative estimate of drug-likeness (QED) is 0.528. The standard InChI is InChI=1S/C13H22OSi/c1-14-10-7-11-15(2,3)12-13-8-5-4-6-9-13/h4-6,8-9H,7,10-12H2,1-3H3. The minimum Gasteiger partial charge on any atom is -0.385 e. The smallest absolute Gasteiger partial charge is 0.0518 e. The van der Waals surface area contributed by atoms with Crippen molar-refractivity contribution < 1.29 is 4.74 Å². The zero-order chi connectivity index (χ0) is 11.1. The maximum Gasteiger partial charge on any atom is 0.0518 e. The summed E-state index contributed by atoms with van der Waals surface area (Å²) in [5.41, 5.74) is 1.49. The predicted molar refractivity (Wildman–Crippen MR) is 68.9 cm³/mol. The van der Waals surface area contributed by atoms with Crippen LogP contribution in [-0.2, 0) is 10.8 Å². The summed E-state index contributed by atoms with van der Waals surface area (Å²) in [4.78, 5) is 0. The molecule has 0 heterocycles. The molecule has 0 aromatic heterocycles. The molecule has 0 aliphatic heterocycles. The summed E-state index contributed by atoms with van der Waals surface area (Å²) in [5, 5.41) is 0. The van der Waals surface area contributed by atoms with E-state index in [0.29, 0.717) is 0 Å². The van der Waals surface area contributed by atoms with Crippen molar-refractivity contribution in [3.63, 3.8) is 0 Å². The van der Waals surface area contributed by atoms with Gasteiger partial charge in [0.25, 0.3) is 0 Å². The van der Waals surface area contributed by atoms with Crippen LogP contribution in [0.2, 0.25) is 19.1 Å². The van der Waals surface area contributed by atoms with E-state index in [1.807, 2.05) is 0 Å². The first-order chi connectivity index (χ1) is 7.14. The van der Waals surface area contributed by atoms with E-state index >= 15 is 0 Å². The van der Waals surface area contributed by atoms with Crippen LogP contribution < -0.4 is 0 Å². The fourth-order valence-corrected chi connectivity index (χ4v) is 4.55. The van der Waals surface area contributed by atoms with Gasteiger partial charge in [-0.3, -0.25) is 0 Å². The van der Waals surface area contributed by atoms with Crippen LogP contribution in [0, 0.1) is 0 Å². The zero-order valence-electron chi connectivity index (χ0n) is 10.1. The Kier molecular flexibility index (Phi) is 5.06. The first kappa shape index (κ1) is 12.5. The molecule has 15 heavy (non-hydrogen) atoms. The highest BCUT2D eigenvalue weighted by molar-refractivity contribution is 6.76. The second kappa shape index (κ2) is 6.08. The number of benzene rings is 1. The molecular formula is C13H22OSi. The van der Waals surface area contributed by atoms with Crippen LogP contribution in [0.3, 0.4) is 0 Å². The average molecular weight is 222 g/mol. The highest BCUT2D eigenvalue weighted by Gasteiger charge is 2.20. The minimum atomic E-state index is -1.06. The van der Waals surface area contributed by atoms with E-state index in [9.17, 15) is 0 Å². The molecule has 0 radical (unpaired) electrons. The molecule has 1 nitrogen and oxygen atoms in total. The van der Waals surface area contributed by atoms with Crippen LogP contribution in [0.1, 0.15) is 12.0 Å². The molecule has 1 aromatic carbocycles.